The molecule has 0 saturated heterocycles. The van der Waals surface area contributed by atoms with Crippen molar-refractivity contribution in [1.82, 2.24) is 14.9 Å². The quantitative estimate of drug-likeness (QED) is 0.790. The summed E-state index contributed by atoms with van der Waals surface area (Å²) in [5, 5.41) is 2.79. The lowest BCUT2D eigenvalue weighted by Gasteiger charge is -2.09. The predicted octanol–water partition coefficient (Wildman–Crippen LogP) is 2.26. The summed E-state index contributed by atoms with van der Waals surface area (Å²) < 4.78 is 37.7. The summed E-state index contributed by atoms with van der Waals surface area (Å²) in [6.07, 6.45) is 0.878. The first-order chi connectivity index (χ1) is 7.56. The number of nitrogens with zero attached hydrogens (tertiary/aromatic N) is 2. The van der Waals surface area contributed by atoms with Crippen molar-refractivity contribution in [2.45, 2.75) is 38.0 Å². The van der Waals surface area contributed by atoms with E-state index < -0.39 is 12.6 Å². The van der Waals surface area contributed by atoms with E-state index in [0.717, 1.165) is 18.5 Å². The minimum absolute atomic E-state index is 0.0423. The summed E-state index contributed by atoms with van der Waals surface area (Å²) in [5.74, 6) is 0. The van der Waals surface area contributed by atoms with Gasteiger partial charge in [0.25, 0.3) is 0 Å². The molecule has 0 aliphatic heterocycles. The molecule has 1 saturated carbocycles. The lowest BCUT2D eigenvalue weighted by molar-refractivity contribution is -0.133. The van der Waals surface area contributed by atoms with E-state index >= 15 is 0 Å². The second-order valence-electron chi connectivity index (χ2n) is 4.07. The van der Waals surface area contributed by atoms with Crippen LogP contribution in [0, 0.1) is 0 Å². The molecule has 6 heteroatoms. The highest BCUT2D eigenvalue weighted by atomic mass is 19.4. The number of hydrogen-bond acceptors (Lipinski definition) is 2. The molecule has 1 aromatic heterocycles. The van der Waals surface area contributed by atoms with Crippen molar-refractivity contribution in [1.29, 1.82) is 0 Å². The Morgan fingerprint density at radius 1 is 1.44 bits per heavy atom. The zero-order valence-corrected chi connectivity index (χ0v) is 8.80. The summed E-state index contributed by atoms with van der Waals surface area (Å²) in [7, 11) is 0. The molecular formula is C10H14F3N3. The predicted molar refractivity (Wildman–Crippen MR) is 52.9 cm³/mol. The van der Waals surface area contributed by atoms with E-state index in [9.17, 15) is 13.2 Å². The van der Waals surface area contributed by atoms with Gasteiger partial charge in [0, 0.05) is 25.3 Å². The Bertz CT molecular complexity index is 341. The van der Waals surface area contributed by atoms with E-state index in [1.54, 1.807) is 12.5 Å². The second kappa shape index (κ2) is 4.45. The highest BCUT2D eigenvalue weighted by Crippen LogP contribution is 2.35. The highest BCUT2D eigenvalue weighted by Gasteiger charge is 2.27. The average molecular weight is 233 g/mol. The van der Waals surface area contributed by atoms with Crippen LogP contribution in [0.4, 0.5) is 13.2 Å². The Kier molecular flexibility index (Phi) is 3.18. The first-order valence-electron chi connectivity index (χ1n) is 5.34. The van der Waals surface area contributed by atoms with Crippen LogP contribution in [-0.4, -0.2) is 22.3 Å². The smallest absolute Gasteiger partial charge is 0.330 e. The molecule has 0 unspecified atom stereocenters. The summed E-state index contributed by atoms with van der Waals surface area (Å²) in [4.78, 5) is 4.01. The minimum atomic E-state index is -4.08. The molecule has 1 fully saturated rings. The van der Waals surface area contributed by atoms with E-state index in [1.807, 2.05) is 4.57 Å². The normalized spacial score (nSPS) is 16.7. The Morgan fingerprint density at radius 3 is 2.81 bits per heavy atom. The number of rotatable bonds is 5. The van der Waals surface area contributed by atoms with Gasteiger partial charge in [-0.25, -0.2) is 4.98 Å². The van der Waals surface area contributed by atoms with E-state index in [4.69, 9.17) is 0 Å². The van der Waals surface area contributed by atoms with Gasteiger partial charge in [0.1, 0.15) is 0 Å². The third kappa shape index (κ3) is 3.23. The Labute approximate surface area is 91.7 Å². The summed E-state index contributed by atoms with van der Waals surface area (Å²) in [6.45, 7) is 0.409. The van der Waals surface area contributed by atoms with Crippen molar-refractivity contribution in [3.05, 3.63) is 18.2 Å². The van der Waals surface area contributed by atoms with Gasteiger partial charge in [-0.1, -0.05) is 0 Å². The molecule has 3 nitrogen and oxygen atoms in total. The molecule has 1 heterocycles. The molecular weight excluding hydrogens is 219 g/mol. The van der Waals surface area contributed by atoms with Crippen LogP contribution in [0.1, 0.15) is 31.0 Å². The van der Waals surface area contributed by atoms with Gasteiger partial charge in [0.05, 0.1) is 18.4 Å². The van der Waals surface area contributed by atoms with Crippen LogP contribution >= 0.6 is 0 Å². The summed E-state index contributed by atoms with van der Waals surface area (Å²) >= 11 is 0. The van der Waals surface area contributed by atoms with E-state index in [2.05, 4.69) is 10.3 Å². The largest absolute Gasteiger partial charge is 0.390 e. The summed E-state index contributed by atoms with van der Waals surface area (Å²) in [6, 6.07) is 0.516. The Morgan fingerprint density at radius 2 is 2.19 bits per heavy atom. The van der Waals surface area contributed by atoms with Crippen LogP contribution in [0.5, 0.6) is 0 Å². The zero-order valence-electron chi connectivity index (χ0n) is 8.80. The molecule has 2 rings (SSSR count). The maximum atomic E-state index is 11.9. The monoisotopic (exact) mass is 233 g/mol. The van der Waals surface area contributed by atoms with Crippen molar-refractivity contribution in [2.75, 3.05) is 6.54 Å². The average Bonchev–Trinajstić information content (AvgIpc) is 2.92. The van der Waals surface area contributed by atoms with Crippen LogP contribution in [0.15, 0.2) is 12.5 Å². The molecule has 0 radical (unpaired) electrons. The number of alkyl halides is 3. The van der Waals surface area contributed by atoms with E-state index in [-0.39, 0.29) is 6.54 Å². The first kappa shape index (κ1) is 11.4. The zero-order chi connectivity index (χ0) is 11.6. The number of imidazole rings is 1. The molecule has 90 valence electrons. The maximum absolute atomic E-state index is 11.9. The van der Waals surface area contributed by atoms with Crippen LogP contribution in [0.2, 0.25) is 0 Å². The standard InChI is InChI=1S/C10H14F3N3/c11-10(12,13)3-4-14-5-9-6-15-7-16(9)8-1-2-8/h6-8,14H,1-5H2. The van der Waals surface area contributed by atoms with Crippen LogP contribution in [0.25, 0.3) is 0 Å². The molecule has 1 aliphatic carbocycles. The molecule has 1 aromatic rings. The van der Waals surface area contributed by atoms with Gasteiger partial charge in [-0.05, 0) is 12.8 Å². The number of aromatic nitrogens is 2. The maximum Gasteiger partial charge on any atom is 0.390 e. The van der Waals surface area contributed by atoms with Gasteiger partial charge < -0.3 is 9.88 Å². The number of hydrogen-bond donors (Lipinski definition) is 1. The molecule has 0 aromatic carbocycles. The van der Waals surface area contributed by atoms with E-state index in [1.165, 1.54) is 0 Å². The van der Waals surface area contributed by atoms with Crippen LogP contribution in [0.3, 0.4) is 0 Å². The second-order valence-corrected chi connectivity index (χ2v) is 4.07. The third-order valence-electron chi connectivity index (χ3n) is 2.58. The van der Waals surface area contributed by atoms with Crippen molar-refractivity contribution < 1.29 is 13.2 Å². The van der Waals surface area contributed by atoms with Crippen LogP contribution in [-0.2, 0) is 6.54 Å². The van der Waals surface area contributed by atoms with Gasteiger partial charge in [0.2, 0.25) is 0 Å². The topological polar surface area (TPSA) is 29.9 Å². The van der Waals surface area contributed by atoms with Gasteiger partial charge in [-0.15, -0.1) is 0 Å². The number of halogens is 3. The molecule has 16 heavy (non-hydrogen) atoms. The Hall–Kier alpha value is -1.04. The minimum Gasteiger partial charge on any atom is -0.330 e. The van der Waals surface area contributed by atoms with Gasteiger partial charge in [0.15, 0.2) is 0 Å². The van der Waals surface area contributed by atoms with Gasteiger partial charge in [-0.3, -0.25) is 0 Å². The Balaban J connectivity index is 1.74. The highest BCUT2D eigenvalue weighted by molar-refractivity contribution is 5.03. The van der Waals surface area contributed by atoms with Crippen LogP contribution < -0.4 is 5.32 Å². The molecule has 0 amide bonds. The SMILES string of the molecule is FC(F)(F)CCNCc1cncn1C1CC1. The first-order valence-corrected chi connectivity index (χ1v) is 5.34. The van der Waals surface area contributed by atoms with Crippen molar-refractivity contribution >= 4 is 0 Å². The molecule has 0 bridgehead atoms. The lowest BCUT2D eigenvalue weighted by Crippen LogP contribution is -2.22. The third-order valence-corrected chi connectivity index (χ3v) is 2.58. The molecule has 1 N–H and O–H groups in total. The fourth-order valence-corrected chi connectivity index (χ4v) is 1.60. The molecule has 0 atom stereocenters. The van der Waals surface area contributed by atoms with Crippen molar-refractivity contribution in [2.24, 2.45) is 0 Å². The molecule has 1 aliphatic rings. The van der Waals surface area contributed by atoms with Gasteiger partial charge in [-0.2, -0.15) is 13.2 Å². The fourth-order valence-electron chi connectivity index (χ4n) is 1.60. The fraction of sp³-hybridized carbons (Fsp3) is 0.700. The summed E-state index contributed by atoms with van der Waals surface area (Å²) in [5.41, 5.74) is 0.963. The van der Waals surface area contributed by atoms with Crippen molar-refractivity contribution in [3.8, 4) is 0 Å². The van der Waals surface area contributed by atoms with Gasteiger partial charge >= 0.3 is 6.18 Å². The van der Waals surface area contributed by atoms with E-state index in [0.29, 0.717) is 12.6 Å². The van der Waals surface area contributed by atoms with Crippen molar-refractivity contribution in [3.63, 3.8) is 0 Å². The number of nitrogens with one attached hydrogen (secondary N) is 1. The molecule has 0 spiro atoms. The lowest BCUT2D eigenvalue weighted by atomic mass is 10.4.